The number of nitrogens with one attached hydrogen (secondary N) is 1. The molecule has 0 aliphatic rings. The van der Waals surface area contributed by atoms with E-state index >= 15 is 0 Å². The predicted molar refractivity (Wildman–Crippen MR) is 36.4 cm³/mol. The van der Waals surface area contributed by atoms with Gasteiger partial charge < -0.3 is 9.94 Å². The molecule has 0 bridgehead atoms. The van der Waals surface area contributed by atoms with Crippen LogP contribution < -0.4 is 5.48 Å². The smallest absolute Gasteiger partial charge is 0.307 e. The Morgan fingerprint density at radius 1 is 1.60 bits per heavy atom. The fourth-order valence-corrected chi connectivity index (χ4v) is 0.502. The van der Waals surface area contributed by atoms with Crippen molar-refractivity contribution >= 4 is 5.97 Å². The van der Waals surface area contributed by atoms with Crippen LogP contribution in [-0.2, 0) is 9.63 Å². The Labute approximate surface area is 60.1 Å². The molecule has 0 saturated heterocycles. The van der Waals surface area contributed by atoms with E-state index in [1.165, 1.54) is 7.11 Å². The highest BCUT2D eigenvalue weighted by atomic mass is 16.6. The molecule has 0 fully saturated rings. The van der Waals surface area contributed by atoms with E-state index in [-0.39, 0.29) is 6.04 Å². The fourth-order valence-electron chi connectivity index (χ4n) is 0.502. The molecular formula is C6H13NO3. The SMILES string of the molecule is CON[C@@H](C)[C@@H](C)C(=O)O. The van der Waals surface area contributed by atoms with Crippen LogP contribution in [0.4, 0.5) is 0 Å². The summed E-state index contributed by atoms with van der Waals surface area (Å²) < 4.78 is 0. The van der Waals surface area contributed by atoms with Crippen molar-refractivity contribution in [1.82, 2.24) is 5.48 Å². The molecule has 0 spiro atoms. The molecule has 0 unspecified atom stereocenters. The van der Waals surface area contributed by atoms with Gasteiger partial charge in [0.05, 0.1) is 13.0 Å². The van der Waals surface area contributed by atoms with Crippen LogP contribution in [0.1, 0.15) is 13.8 Å². The van der Waals surface area contributed by atoms with E-state index in [0.29, 0.717) is 0 Å². The third-order valence-electron chi connectivity index (χ3n) is 1.44. The lowest BCUT2D eigenvalue weighted by atomic mass is 10.1. The molecule has 0 amide bonds. The van der Waals surface area contributed by atoms with Gasteiger partial charge in [-0.1, -0.05) is 6.92 Å². The molecular weight excluding hydrogens is 134 g/mol. The monoisotopic (exact) mass is 147 g/mol. The Kier molecular flexibility index (Phi) is 3.99. The summed E-state index contributed by atoms with van der Waals surface area (Å²) in [6.45, 7) is 3.38. The zero-order valence-corrected chi connectivity index (χ0v) is 6.42. The van der Waals surface area contributed by atoms with Crippen molar-refractivity contribution in [3.8, 4) is 0 Å². The van der Waals surface area contributed by atoms with E-state index in [0.717, 1.165) is 0 Å². The van der Waals surface area contributed by atoms with Crippen LogP contribution in [0.2, 0.25) is 0 Å². The third kappa shape index (κ3) is 2.80. The predicted octanol–water partition coefficient (Wildman–Crippen LogP) is 0.247. The summed E-state index contributed by atoms with van der Waals surface area (Å²) >= 11 is 0. The van der Waals surface area contributed by atoms with Crippen LogP contribution in [0.3, 0.4) is 0 Å². The molecule has 0 aliphatic carbocycles. The second kappa shape index (κ2) is 4.24. The zero-order valence-electron chi connectivity index (χ0n) is 6.42. The summed E-state index contributed by atoms with van der Waals surface area (Å²) in [5.41, 5.74) is 2.55. The fraction of sp³-hybridized carbons (Fsp3) is 0.833. The van der Waals surface area contributed by atoms with Crippen LogP contribution in [0, 0.1) is 5.92 Å². The molecule has 0 aromatic carbocycles. The molecule has 0 aliphatic heterocycles. The van der Waals surface area contributed by atoms with Gasteiger partial charge in [-0.3, -0.25) is 4.79 Å². The third-order valence-corrected chi connectivity index (χ3v) is 1.44. The van der Waals surface area contributed by atoms with E-state index in [4.69, 9.17) is 5.11 Å². The molecule has 10 heavy (non-hydrogen) atoms. The van der Waals surface area contributed by atoms with Gasteiger partial charge in [0.15, 0.2) is 0 Å². The molecule has 2 N–H and O–H groups in total. The highest BCUT2D eigenvalue weighted by Gasteiger charge is 2.18. The number of hydroxylamine groups is 1. The molecule has 0 saturated carbocycles. The molecule has 0 heterocycles. The lowest BCUT2D eigenvalue weighted by Crippen LogP contribution is -2.35. The Morgan fingerprint density at radius 3 is 2.40 bits per heavy atom. The zero-order chi connectivity index (χ0) is 8.15. The summed E-state index contributed by atoms with van der Waals surface area (Å²) in [7, 11) is 1.46. The number of carboxylic acid groups (broad SMARTS) is 1. The van der Waals surface area contributed by atoms with Gasteiger partial charge in [-0.05, 0) is 6.92 Å². The first kappa shape index (κ1) is 9.39. The topological polar surface area (TPSA) is 58.6 Å². The second-order valence-corrected chi connectivity index (χ2v) is 2.24. The van der Waals surface area contributed by atoms with E-state index < -0.39 is 11.9 Å². The number of aliphatic carboxylic acids is 1. The van der Waals surface area contributed by atoms with Crippen molar-refractivity contribution in [3.63, 3.8) is 0 Å². The molecule has 60 valence electrons. The first-order chi connectivity index (χ1) is 4.59. The van der Waals surface area contributed by atoms with Gasteiger partial charge in [0, 0.05) is 6.04 Å². The molecule has 4 nitrogen and oxygen atoms in total. The van der Waals surface area contributed by atoms with Crippen molar-refractivity contribution in [3.05, 3.63) is 0 Å². The van der Waals surface area contributed by atoms with E-state index in [2.05, 4.69) is 10.3 Å². The number of rotatable bonds is 4. The van der Waals surface area contributed by atoms with Gasteiger partial charge >= 0.3 is 5.97 Å². The Bertz CT molecular complexity index is 116. The van der Waals surface area contributed by atoms with E-state index in [9.17, 15) is 4.79 Å². The second-order valence-electron chi connectivity index (χ2n) is 2.24. The van der Waals surface area contributed by atoms with E-state index in [1.807, 2.05) is 0 Å². The van der Waals surface area contributed by atoms with Gasteiger partial charge in [-0.15, -0.1) is 0 Å². The van der Waals surface area contributed by atoms with Crippen LogP contribution in [0.5, 0.6) is 0 Å². The van der Waals surface area contributed by atoms with E-state index in [1.54, 1.807) is 13.8 Å². The van der Waals surface area contributed by atoms with Crippen molar-refractivity contribution in [2.24, 2.45) is 5.92 Å². The number of carbonyl (C=O) groups is 1. The minimum atomic E-state index is -0.822. The molecule has 0 rings (SSSR count). The molecule has 2 atom stereocenters. The summed E-state index contributed by atoms with van der Waals surface area (Å²) in [4.78, 5) is 14.9. The lowest BCUT2D eigenvalue weighted by molar-refractivity contribution is -0.143. The van der Waals surface area contributed by atoms with Crippen LogP contribution in [0.15, 0.2) is 0 Å². The average molecular weight is 147 g/mol. The molecule has 0 aromatic heterocycles. The maximum Gasteiger partial charge on any atom is 0.307 e. The summed E-state index contributed by atoms with van der Waals surface area (Å²) in [5.74, 6) is -1.25. The van der Waals surface area contributed by atoms with Gasteiger partial charge in [-0.25, -0.2) is 0 Å². The molecule has 0 radical (unpaired) electrons. The normalized spacial score (nSPS) is 16.3. The molecule has 0 aromatic rings. The minimum Gasteiger partial charge on any atom is -0.481 e. The highest BCUT2D eigenvalue weighted by molar-refractivity contribution is 5.70. The Balaban J connectivity index is 3.69. The maximum atomic E-state index is 10.3. The highest BCUT2D eigenvalue weighted by Crippen LogP contribution is 2.01. The summed E-state index contributed by atoms with van der Waals surface area (Å²) in [5, 5.41) is 8.48. The standard InChI is InChI=1S/C6H13NO3/c1-4(6(8)9)5(2)7-10-3/h4-5,7H,1-3H3,(H,8,9)/t4-,5+/m1/s1. The largest absolute Gasteiger partial charge is 0.481 e. The van der Waals surface area contributed by atoms with Crippen molar-refractivity contribution < 1.29 is 14.7 Å². The minimum absolute atomic E-state index is 0.164. The summed E-state index contributed by atoms with van der Waals surface area (Å²) in [6, 6.07) is -0.164. The van der Waals surface area contributed by atoms with Crippen molar-refractivity contribution in [2.75, 3.05) is 7.11 Å². The first-order valence-electron chi connectivity index (χ1n) is 3.11. The van der Waals surface area contributed by atoms with Crippen molar-refractivity contribution in [1.29, 1.82) is 0 Å². The summed E-state index contributed by atoms with van der Waals surface area (Å²) in [6.07, 6.45) is 0. The van der Waals surface area contributed by atoms with Crippen LogP contribution >= 0.6 is 0 Å². The van der Waals surface area contributed by atoms with Gasteiger partial charge in [0.1, 0.15) is 0 Å². The van der Waals surface area contributed by atoms with Crippen LogP contribution in [-0.4, -0.2) is 24.2 Å². The molecule has 4 heteroatoms. The van der Waals surface area contributed by atoms with Gasteiger partial charge in [0.2, 0.25) is 0 Å². The lowest BCUT2D eigenvalue weighted by Gasteiger charge is -2.15. The number of hydrogen-bond acceptors (Lipinski definition) is 3. The van der Waals surface area contributed by atoms with Gasteiger partial charge in [0.25, 0.3) is 0 Å². The quantitative estimate of drug-likeness (QED) is 0.559. The van der Waals surface area contributed by atoms with Crippen LogP contribution in [0.25, 0.3) is 0 Å². The number of hydrogen-bond donors (Lipinski definition) is 2. The average Bonchev–Trinajstić information content (AvgIpc) is 1.87. The first-order valence-corrected chi connectivity index (χ1v) is 3.11. The Hall–Kier alpha value is -0.610. The van der Waals surface area contributed by atoms with Gasteiger partial charge in [-0.2, -0.15) is 5.48 Å². The number of carboxylic acids is 1. The maximum absolute atomic E-state index is 10.3. The Morgan fingerprint density at radius 2 is 2.10 bits per heavy atom. The van der Waals surface area contributed by atoms with Crippen molar-refractivity contribution in [2.45, 2.75) is 19.9 Å².